The number of carbonyl (C=O) groups excluding carboxylic acids is 2. The van der Waals surface area contributed by atoms with Gasteiger partial charge in [-0.2, -0.15) is 0 Å². The number of piperidine rings is 1. The van der Waals surface area contributed by atoms with E-state index in [0.717, 1.165) is 0 Å². The molecule has 0 saturated carbocycles. The lowest BCUT2D eigenvalue weighted by molar-refractivity contribution is -0.123. The molecule has 0 radical (unpaired) electrons. The largest absolute Gasteiger partial charge is 0.335 e. The molecule has 3 heterocycles. The highest BCUT2D eigenvalue weighted by molar-refractivity contribution is 7.81. The highest BCUT2D eigenvalue weighted by Crippen LogP contribution is 2.60. The van der Waals surface area contributed by atoms with Crippen molar-refractivity contribution in [3.8, 4) is 0 Å². The average molecular weight is 610 g/mol. The van der Waals surface area contributed by atoms with Crippen LogP contribution in [0.2, 0.25) is 10.0 Å². The summed E-state index contributed by atoms with van der Waals surface area (Å²) in [7, 11) is -1.06. The Bertz CT molecular complexity index is 1360. The number of likely N-dealkylation sites (tertiary alicyclic amines) is 1. The molecular weight excluding hydrogens is 574 g/mol. The number of rotatable bonds is 4. The quantitative estimate of drug-likeness (QED) is 0.453. The minimum absolute atomic E-state index is 0.0676. The Kier molecular flexibility index (Phi) is 7.98. The molecule has 11 heteroatoms. The Morgan fingerprint density at radius 1 is 1.20 bits per heavy atom. The van der Waals surface area contributed by atoms with E-state index < -0.39 is 28.3 Å². The van der Waals surface area contributed by atoms with E-state index in [-0.39, 0.29) is 46.4 Å². The van der Waals surface area contributed by atoms with Crippen LogP contribution in [0.15, 0.2) is 36.4 Å². The molecule has 1 spiro atoms. The molecule has 2 N–H and O–H groups in total. The molecule has 5 rings (SSSR count). The third-order valence-electron chi connectivity index (χ3n) is 8.40. The lowest BCUT2D eigenvalue weighted by Crippen LogP contribution is -2.51. The highest BCUT2D eigenvalue weighted by atomic mass is 35.5. The molecule has 0 aliphatic carbocycles. The van der Waals surface area contributed by atoms with Crippen molar-refractivity contribution in [3.05, 3.63) is 63.4 Å². The van der Waals surface area contributed by atoms with E-state index in [4.69, 9.17) is 23.2 Å². The van der Waals surface area contributed by atoms with Crippen molar-refractivity contribution in [2.45, 2.75) is 57.5 Å². The molecule has 4 atom stereocenters. The summed E-state index contributed by atoms with van der Waals surface area (Å²) in [6.07, 6.45) is 3.56. The fourth-order valence-electron chi connectivity index (χ4n) is 6.79. The fourth-order valence-corrected chi connectivity index (χ4v) is 7.86. The Balaban J connectivity index is 1.62. The summed E-state index contributed by atoms with van der Waals surface area (Å²) in [5, 5.41) is 6.56. The fraction of sp³-hybridized carbons (Fsp3) is 0.517. The summed E-state index contributed by atoms with van der Waals surface area (Å²) in [6, 6.07) is 8.57. The van der Waals surface area contributed by atoms with Crippen LogP contribution in [0.1, 0.15) is 57.2 Å². The van der Waals surface area contributed by atoms with E-state index in [1.165, 1.54) is 6.07 Å². The zero-order valence-corrected chi connectivity index (χ0v) is 25.4. The summed E-state index contributed by atoms with van der Waals surface area (Å²) in [6.45, 7) is 7.76. The number of halogens is 3. The lowest BCUT2D eigenvalue weighted by Gasteiger charge is -2.38. The van der Waals surface area contributed by atoms with Gasteiger partial charge in [-0.25, -0.2) is 17.7 Å². The van der Waals surface area contributed by atoms with Gasteiger partial charge >= 0.3 is 6.03 Å². The summed E-state index contributed by atoms with van der Waals surface area (Å²) in [5.41, 5.74) is 0.0480. The van der Waals surface area contributed by atoms with Gasteiger partial charge < -0.3 is 15.5 Å². The zero-order valence-electron chi connectivity index (χ0n) is 23.1. The van der Waals surface area contributed by atoms with Crippen molar-refractivity contribution in [1.29, 1.82) is 0 Å². The van der Waals surface area contributed by atoms with Crippen LogP contribution in [-0.4, -0.2) is 57.3 Å². The molecule has 2 aromatic rings. The van der Waals surface area contributed by atoms with E-state index in [9.17, 15) is 13.8 Å². The Labute approximate surface area is 247 Å². The molecule has 3 aliphatic rings. The van der Waals surface area contributed by atoms with Gasteiger partial charge in [0, 0.05) is 48.2 Å². The van der Waals surface area contributed by atoms with Crippen molar-refractivity contribution in [3.63, 3.8) is 0 Å². The number of carbonyl (C=O) groups is 2. The van der Waals surface area contributed by atoms with Gasteiger partial charge in [-0.3, -0.25) is 4.79 Å². The van der Waals surface area contributed by atoms with Crippen LogP contribution in [0.25, 0.3) is 0 Å². The molecule has 7 nitrogen and oxygen atoms in total. The molecule has 0 bridgehead atoms. The third-order valence-corrected chi connectivity index (χ3v) is 10.0. The number of amides is 3. The van der Waals surface area contributed by atoms with Gasteiger partial charge in [0.1, 0.15) is 11.2 Å². The maximum absolute atomic E-state index is 15.9. The summed E-state index contributed by atoms with van der Waals surface area (Å²) < 4.78 is 29.6. The van der Waals surface area contributed by atoms with Crippen LogP contribution in [0.4, 0.5) is 14.9 Å². The molecule has 2 aromatic carbocycles. The third kappa shape index (κ3) is 5.14. The van der Waals surface area contributed by atoms with Crippen molar-refractivity contribution in [2.75, 3.05) is 31.2 Å². The maximum Gasteiger partial charge on any atom is 0.318 e. The molecule has 3 unspecified atom stereocenters. The number of urea groups is 1. The molecule has 216 valence electrons. The monoisotopic (exact) mass is 608 g/mol. The van der Waals surface area contributed by atoms with Gasteiger partial charge in [-0.1, -0.05) is 62.2 Å². The van der Waals surface area contributed by atoms with Gasteiger partial charge in [-0.15, -0.1) is 0 Å². The molecular formula is C29H35Cl2FN4O3S. The predicted molar refractivity (Wildman–Crippen MR) is 157 cm³/mol. The van der Waals surface area contributed by atoms with Gasteiger partial charge in [0.15, 0.2) is 0 Å². The topological polar surface area (TPSA) is 81.8 Å². The van der Waals surface area contributed by atoms with Crippen molar-refractivity contribution in [1.82, 2.24) is 14.5 Å². The SMILES string of the molecule is CS(=O)N1CCC(NC(=O)N2CC(CC(C)(C)C)[C@@]3(C(=O)Nc4cc(Cl)ccc43)C2c2cccc(Cl)c2F)CC1. The standard InChI is InChI=1S/C29H35Cl2FN4O3S/c1-28(2,3)15-17-16-36(27(38)33-19-10-12-35(13-11-19)40(4)39)25(20-6-5-7-22(31)24(20)32)29(17)21-9-8-18(30)14-23(21)34-26(29)37/h5-9,14,17,19,25H,10-13,15-16H2,1-4H3,(H,33,38)(H,34,37)/t17?,25?,29-,40?/m0/s1. The number of fused-ring (bicyclic) bond motifs is 2. The number of nitrogens with one attached hydrogen (secondary N) is 2. The van der Waals surface area contributed by atoms with Crippen LogP contribution >= 0.6 is 23.2 Å². The van der Waals surface area contributed by atoms with E-state index >= 15 is 4.39 Å². The number of hydrogen-bond acceptors (Lipinski definition) is 3. The van der Waals surface area contributed by atoms with Crippen LogP contribution in [0.5, 0.6) is 0 Å². The normalized spacial score (nSPS) is 26.2. The number of benzene rings is 2. The first-order valence-electron chi connectivity index (χ1n) is 13.5. The number of anilines is 1. The molecule has 3 aliphatic heterocycles. The van der Waals surface area contributed by atoms with E-state index in [0.29, 0.717) is 48.6 Å². The Morgan fingerprint density at radius 3 is 2.55 bits per heavy atom. The first kappa shape index (κ1) is 29.3. The molecule has 3 amide bonds. The van der Waals surface area contributed by atoms with Gasteiger partial charge in [0.05, 0.1) is 22.1 Å². The van der Waals surface area contributed by atoms with Crippen molar-refractivity contribution in [2.24, 2.45) is 11.3 Å². The van der Waals surface area contributed by atoms with Crippen LogP contribution in [0, 0.1) is 17.2 Å². The summed E-state index contributed by atoms with van der Waals surface area (Å²) >= 11 is 12.6. The maximum atomic E-state index is 15.9. The van der Waals surface area contributed by atoms with Gasteiger partial charge in [0.25, 0.3) is 0 Å². The van der Waals surface area contributed by atoms with Crippen molar-refractivity contribution < 1.29 is 18.2 Å². The van der Waals surface area contributed by atoms with Crippen LogP contribution < -0.4 is 10.6 Å². The molecule has 0 aromatic heterocycles. The van der Waals surface area contributed by atoms with Gasteiger partial charge in [0.2, 0.25) is 5.91 Å². The second-order valence-electron chi connectivity index (χ2n) is 12.2. The summed E-state index contributed by atoms with van der Waals surface area (Å²) in [4.78, 5) is 29.9. The minimum atomic E-state index is -1.25. The molecule has 2 saturated heterocycles. The minimum Gasteiger partial charge on any atom is -0.335 e. The number of nitrogens with zero attached hydrogens (tertiary/aromatic N) is 2. The highest BCUT2D eigenvalue weighted by Gasteiger charge is 2.65. The average Bonchev–Trinajstić information content (AvgIpc) is 3.35. The van der Waals surface area contributed by atoms with Crippen LogP contribution in [0.3, 0.4) is 0 Å². The van der Waals surface area contributed by atoms with E-state index in [2.05, 4.69) is 31.4 Å². The van der Waals surface area contributed by atoms with E-state index in [1.54, 1.807) is 35.4 Å². The number of hydrogen-bond donors (Lipinski definition) is 2. The molecule has 40 heavy (non-hydrogen) atoms. The zero-order chi connectivity index (χ0) is 29.0. The van der Waals surface area contributed by atoms with Crippen molar-refractivity contribution >= 4 is 51.8 Å². The predicted octanol–water partition coefficient (Wildman–Crippen LogP) is 5.90. The Hall–Kier alpha value is -2.20. The smallest absolute Gasteiger partial charge is 0.318 e. The first-order valence-corrected chi connectivity index (χ1v) is 15.8. The van der Waals surface area contributed by atoms with Crippen LogP contribution in [-0.2, 0) is 21.2 Å². The first-order chi connectivity index (χ1) is 18.8. The van der Waals surface area contributed by atoms with E-state index in [1.807, 2.05) is 10.4 Å². The summed E-state index contributed by atoms with van der Waals surface area (Å²) in [5.74, 6) is -1.23. The molecule has 2 fully saturated rings. The van der Waals surface area contributed by atoms with Gasteiger partial charge in [-0.05, 0) is 54.4 Å². The lowest BCUT2D eigenvalue weighted by atomic mass is 9.63. The second-order valence-corrected chi connectivity index (χ2v) is 14.5. The second kappa shape index (κ2) is 10.9. The Morgan fingerprint density at radius 2 is 1.90 bits per heavy atom.